The van der Waals surface area contributed by atoms with Crippen molar-refractivity contribution in [2.24, 2.45) is 17.6 Å². The molecule has 2 unspecified atom stereocenters. The summed E-state index contributed by atoms with van der Waals surface area (Å²) in [6.07, 6.45) is 7.05. The van der Waals surface area contributed by atoms with E-state index in [-0.39, 0.29) is 12.4 Å². The zero-order valence-corrected chi connectivity index (χ0v) is 7.07. The van der Waals surface area contributed by atoms with Crippen LogP contribution in [0.5, 0.6) is 0 Å². The van der Waals surface area contributed by atoms with E-state index in [4.69, 9.17) is 5.73 Å². The van der Waals surface area contributed by atoms with Crippen molar-refractivity contribution in [2.75, 3.05) is 0 Å². The van der Waals surface area contributed by atoms with Crippen LogP contribution in [0.1, 0.15) is 32.1 Å². The zero-order valence-electron chi connectivity index (χ0n) is 6.25. The standard InChI is InChI=1S/C8H15N.ClH/c9-8-3-1-2-7(8)6-4-5-6;/h6-8H,1-5,9H2;1H. The van der Waals surface area contributed by atoms with Crippen molar-refractivity contribution in [3.05, 3.63) is 0 Å². The highest BCUT2D eigenvalue weighted by Crippen LogP contribution is 2.44. The Bertz CT molecular complexity index is 112. The van der Waals surface area contributed by atoms with Crippen LogP contribution >= 0.6 is 12.4 Å². The molecule has 1 nitrogen and oxygen atoms in total. The van der Waals surface area contributed by atoms with Gasteiger partial charge in [-0.25, -0.2) is 0 Å². The van der Waals surface area contributed by atoms with Crippen LogP contribution < -0.4 is 5.73 Å². The summed E-state index contributed by atoms with van der Waals surface area (Å²) in [4.78, 5) is 0. The molecule has 2 aliphatic rings. The highest BCUT2D eigenvalue weighted by Gasteiger charge is 2.37. The predicted molar refractivity (Wildman–Crippen MR) is 45.3 cm³/mol. The number of rotatable bonds is 1. The molecule has 0 spiro atoms. The maximum atomic E-state index is 5.92. The molecule has 0 heterocycles. The van der Waals surface area contributed by atoms with E-state index < -0.39 is 0 Å². The van der Waals surface area contributed by atoms with Crippen molar-refractivity contribution in [3.8, 4) is 0 Å². The van der Waals surface area contributed by atoms with Crippen LogP contribution in [-0.2, 0) is 0 Å². The summed E-state index contributed by atoms with van der Waals surface area (Å²) in [6.45, 7) is 0. The third kappa shape index (κ3) is 1.46. The average Bonchev–Trinajstić information content (AvgIpc) is 2.58. The molecule has 0 radical (unpaired) electrons. The van der Waals surface area contributed by atoms with Gasteiger partial charge < -0.3 is 5.73 Å². The summed E-state index contributed by atoms with van der Waals surface area (Å²) in [6, 6.07) is 0.567. The second-order valence-corrected chi connectivity index (χ2v) is 3.60. The van der Waals surface area contributed by atoms with E-state index in [1.165, 1.54) is 32.1 Å². The highest BCUT2D eigenvalue weighted by molar-refractivity contribution is 5.85. The van der Waals surface area contributed by atoms with E-state index in [0.717, 1.165) is 11.8 Å². The Morgan fingerprint density at radius 2 is 1.70 bits per heavy atom. The van der Waals surface area contributed by atoms with E-state index in [2.05, 4.69) is 0 Å². The Kier molecular flexibility index (Phi) is 2.59. The van der Waals surface area contributed by atoms with Crippen molar-refractivity contribution in [1.82, 2.24) is 0 Å². The molecule has 0 saturated heterocycles. The lowest BCUT2D eigenvalue weighted by Crippen LogP contribution is -2.25. The van der Waals surface area contributed by atoms with Crippen LogP contribution in [-0.4, -0.2) is 6.04 Å². The molecule has 2 rings (SSSR count). The fourth-order valence-corrected chi connectivity index (χ4v) is 2.13. The molecule has 0 aliphatic heterocycles. The SMILES string of the molecule is Cl.NC1CCCC1C1CC1. The van der Waals surface area contributed by atoms with Gasteiger partial charge in [-0.15, -0.1) is 12.4 Å². The summed E-state index contributed by atoms with van der Waals surface area (Å²) in [5.74, 6) is 1.97. The lowest BCUT2D eigenvalue weighted by atomic mass is 9.99. The quantitative estimate of drug-likeness (QED) is 0.625. The van der Waals surface area contributed by atoms with E-state index in [9.17, 15) is 0 Å². The monoisotopic (exact) mass is 161 g/mol. The van der Waals surface area contributed by atoms with Crippen molar-refractivity contribution in [3.63, 3.8) is 0 Å². The van der Waals surface area contributed by atoms with Crippen LogP contribution in [0, 0.1) is 11.8 Å². The molecule has 2 saturated carbocycles. The average molecular weight is 162 g/mol. The first-order valence-corrected chi connectivity index (χ1v) is 4.13. The van der Waals surface area contributed by atoms with Crippen molar-refractivity contribution < 1.29 is 0 Å². The summed E-state index contributed by atoms with van der Waals surface area (Å²) >= 11 is 0. The lowest BCUT2D eigenvalue weighted by molar-refractivity contribution is 0.425. The summed E-state index contributed by atoms with van der Waals surface area (Å²) in [5.41, 5.74) is 5.92. The molecule has 0 amide bonds. The van der Waals surface area contributed by atoms with Gasteiger partial charge in [-0.2, -0.15) is 0 Å². The van der Waals surface area contributed by atoms with Crippen LogP contribution in [0.3, 0.4) is 0 Å². The summed E-state index contributed by atoms with van der Waals surface area (Å²) in [5, 5.41) is 0. The molecule has 2 heteroatoms. The van der Waals surface area contributed by atoms with Gasteiger partial charge in [0.2, 0.25) is 0 Å². The van der Waals surface area contributed by atoms with Crippen molar-refractivity contribution in [1.29, 1.82) is 0 Å². The Morgan fingerprint density at radius 1 is 1.00 bits per heavy atom. The molecule has 2 fully saturated rings. The first kappa shape index (κ1) is 8.35. The van der Waals surface area contributed by atoms with Crippen molar-refractivity contribution in [2.45, 2.75) is 38.1 Å². The van der Waals surface area contributed by atoms with Crippen molar-refractivity contribution >= 4 is 12.4 Å². The summed E-state index contributed by atoms with van der Waals surface area (Å²) in [7, 11) is 0. The molecule has 0 aromatic heterocycles. The van der Waals surface area contributed by atoms with Crippen LogP contribution in [0.2, 0.25) is 0 Å². The second-order valence-electron chi connectivity index (χ2n) is 3.60. The smallest absolute Gasteiger partial charge is 0.00698 e. The largest absolute Gasteiger partial charge is 0.327 e. The highest BCUT2D eigenvalue weighted by atomic mass is 35.5. The van der Waals surface area contributed by atoms with Gasteiger partial charge >= 0.3 is 0 Å². The fourth-order valence-electron chi connectivity index (χ4n) is 2.13. The van der Waals surface area contributed by atoms with E-state index in [0.29, 0.717) is 6.04 Å². The first-order valence-electron chi connectivity index (χ1n) is 4.13. The maximum absolute atomic E-state index is 5.92. The van der Waals surface area contributed by atoms with E-state index >= 15 is 0 Å². The van der Waals surface area contributed by atoms with Crippen LogP contribution in [0.4, 0.5) is 0 Å². The Morgan fingerprint density at radius 3 is 2.10 bits per heavy atom. The predicted octanol–water partition coefficient (Wildman–Crippen LogP) is 1.95. The molecule has 10 heavy (non-hydrogen) atoms. The molecule has 60 valence electrons. The minimum Gasteiger partial charge on any atom is -0.327 e. The van der Waals surface area contributed by atoms with Gasteiger partial charge in [0.1, 0.15) is 0 Å². The molecular formula is C8H16ClN. The molecular weight excluding hydrogens is 146 g/mol. The van der Waals surface area contributed by atoms with Gasteiger partial charge in [-0.1, -0.05) is 6.42 Å². The van der Waals surface area contributed by atoms with Gasteiger partial charge in [-0.3, -0.25) is 0 Å². The second kappa shape index (κ2) is 3.10. The molecule has 2 aliphatic carbocycles. The molecule has 2 N–H and O–H groups in total. The first-order chi connectivity index (χ1) is 4.38. The number of halogens is 1. The number of hydrogen-bond donors (Lipinski definition) is 1. The van der Waals surface area contributed by atoms with Gasteiger partial charge in [-0.05, 0) is 37.5 Å². The molecule has 0 aromatic rings. The number of nitrogens with two attached hydrogens (primary N) is 1. The molecule has 2 atom stereocenters. The normalized spacial score (nSPS) is 39.3. The maximum Gasteiger partial charge on any atom is 0.00698 e. The summed E-state index contributed by atoms with van der Waals surface area (Å²) < 4.78 is 0. The third-order valence-electron chi connectivity index (χ3n) is 2.85. The Hall–Kier alpha value is 0.250. The Labute approximate surface area is 68.8 Å². The van der Waals surface area contributed by atoms with Gasteiger partial charge in [0.15, 0.2) is 0 Å². The number of hydrogen-bond acceptors (Lipinski definition) is 1. The van der Waals surface area contributed by atoms with Crippen LogP contribution in [0.25, 0.3) is 0 Å². The Balaban J connectivity index is 0.000000500. The zero-order chi connectivity index (χ0) is 6.27. The van der Waals surface area contributed by atoms with Gasteiger partial charge in [0.05, 0.1) is 0 Å². The van der Waals surface area contributed by atoms with Gasteiger partial charge in [0, 0.05) is 6.04 Å². The topological polar surface area (TPSA) is 26.0 Å². The third-order valence-corrected chi connectivity index (χ3v) is 2.85. The van der Waals surface area contributed by atoms with Gasteiger partial charge in [0.25, 0.3) is 0 Å². The molecule has 0 aromatic carbocycles. The minimum atomic E-state index is 0. The van der Waals surface area contributed by atoms with E-state index in [1.54, 1.807) is 0 Å². The minimum absolute atomic E-state index is 0. The van der Waals surface area contributed by atoms with Crippen LogP contribution in [0.15, 0.2) is 0 Å². The molecule has 0 bridgehead atoms. The lowest BCUT2D eigenvalue weighted by Gasteiger charge is -2.12. The fraction of sp³-hybridized carbons (Fsp3) is 1.00. The van der Waals surface area contributed by atoms with E-state index in [1.807, 2.05) is 0 Å².